The molecule has 0 saturated carbocycles. The van der Waals surface area contributed by atoms with E-state index in [0.717, 1.165) is 12.5 Å². The fourth-order valence-corrected chi connectivity index (χ4v) is 3.10. The minimum atomic E-state index is -4.37. The molecule has 1 unspecified atom stereocenters. The zero-order valence-corrected chi connectivity index (χ0v) is 11.5. The normalized spacial score (nSPS) is 23.1. The summed E-state index contributed by atoms with van der Waals surface area (Å²) in [4.78, 5) is 3.82. The zero-order chi connectivity index (χ0) is 14.3. The number of hydrogen-bond donors (Lipinski definition) is 0. The van der Waals surface area contributed by atoms with Crippen LogP contribution >= 0.6 is 11.6 Å². The molecular formula is C14H15ClF3N. The smallest absolute Gasteiger partial charge is 0.264 e. The van der Waals surface area contributed by atoms with Gasteiger partial charge in [-0.25, -0.2) is 0 Å². The summed E-state index contributed by atoms with van der Waals surface area (Å²) >= 11 is 6.13. The number of pyridine rings is 1. The van der Waals surface area contributed by atoms with Crippen LogP contribution in [-0.2, 0) is 6.18 Å². The largest absolute Gasteiger partial charge is 0.417 e. The van der Waals surface area contributed by atoms with Crippen molar-refractivity contribution in [3.63, 3.8) is 0 Å². The molecule has 5 heteroatoms. The standard InChI is InChI=1S/C14H15ClF3N/c1-13(2)6-9(5-10(15)7-13)11-8-19-4-3-12(11)14(16,17)18/h3-5,8,10H,6-7H2,1-2H3. The topological polar surface area (TPSA) is 12.9 Å². The van der Waals surface area contributed by atoms with Gasteiger partial charge in [-0.2, -0.15) is 13.2 Å². The van der Waals surface area contributed by atoms with E-state index < -0.39 is 11.7 Å². The Hall–Kier alpha value is -1.03. The fraction of sp³-hybridized carbons (Fsp3) is 0.500. The molecule has 0 fully saturated rings. The molecule has 104 valence electrons. The average Bonchev–Trinajstić information content (AvgIpc) is 2.25. The van der Waals surface area contributed by atoms with Gasteiger partial charge in [-0.05, 0) is 29.9 Å². The van der Waals surface area contributed by atoms with E-state index in [-0.39, 0.29) is 16.4 Å². The lowest BCUT2D eigenvalue weighted by molar-refractivity contribution is -0.137. The number of allylic oxidation sites excluding steroid dienone is 2. The molecule has 0 radical (unpaired) electrons. The summed E-state index contributed by atoms with van der Waals surface area (Å²) in [6.45, 7) is 4.03. The Labute approximate surface area is 115 Å². The van der Waals surface area contributed by atoms with Crippen LogP contribution in [0, 0.1) is 5.41 Å². The van der Waals surface area contributed by atoms with Crippen LogP contribution < -0.4 is 0 Å². The maximum absolute atomic E-state index is 13.0. The van der Waals surface area contributed by atoms with Crippen molar-refractivity contribution >= 4 is 17.2 Å². The molecule has 0 amide bonds. The minimum Gasteiger partial charge on any atom is -0.264 e. The summed E-state index contributed by atoms with van der Waals surface area (Å²) in [7, 11) is 0. The summed E-state index contributed by atoms with van der Waals surface area (Å²) in [5.74, 6) is 0. The molecule has 1 aromatic rings. The van der Waals surface area contributed by atoms with Crippen LogP contribution in [0.5, 0.6) is 0 Å². The lowest BCUT2D eigenvalue weighted by Gasteiger charge is -2.33. The molecular weight excluding hydrogens is 275 g/mol. The second kappa shape index (κ2) is 4.82. The van der Waals surface area contributed by atoms with E-state index in [2.05, 4.69) is 4.98 Å². The third-order valence-corrected chi connectivity index (χ3v) is 3.55. The summed E-state index contributed by atoms with van der Waals surface area (Å²) < 4.78 is 39.0. The van der Waals surface area contributed by atoms with Gasteiger partial charge in [0.05, 0.1) is 10.9 Å². The number of nitrogens with zero attached hydrogens (tertiary/aromatic N) is 1. The molecule has 0 aromatic carbocycles. The van der Waals surface area contributed by atoms with Crippen LogP contribution in [0.15, 0.2) is 24.5 Å². The van der Waals surface area contributed by atoms with Crippen molar-refractivity contribution in [2.75, 3.05) is 0 Å². The molecule has 1 atom stereocenters. The van der Waals surface area contributed by atoms with E-state index in [1.165, 1.54) is 12.4 Å². The monoisotopic (exact) mass is 289 g/mol. The maximum Gasteiger partial charge on any atom is 0.417 e. The van der Waals surface area contributed by atoms with Crippen molar-refractivity contribution in [1.82, 2.24) is 4.98 Å². The number of hydrogen-bond acceptors (Lipinski definition) is 1. The second-order valence-electron chi connectivity index (χ2n) is 5.67. The fourth-order valence-electron chi connectivity index (χ4n) is 2.53. The predicted octanol–water partition coefficient (Wildman–Crippen LogP) is 4.91. The first kappa shape index (κ1) is 14.4. The Morgan fingerprint density at radius 1 is 1.37 bits per heavy atom. The van der Waals surface area contributed by atoms with E-state index in [0.29, 0.717) is 12.0 Å². The first-order valence-corrected chi connectivity index (χ1v) is 6.49. The van der Waals surface area contributed by atoms with E-state index in [1.807, 2.05) is 13.8 Å². The van der Waals surface area contributed by atoms with E-state index in [1.54, 1.807) is 6.08 Å². The van der Waals surface area contributed by atoms with Crippen LogP contribution in [0.1, 0.15) is 37.8 Å². The first-order valence-electron chi connectivity index (χ1n) is 6.05. The van der Waals surface area contributed by atoms with Gasteiger partial charge >= 0.3 is 6.18 Å². The number of rotatable bonds is 1. The molecule has 0 aliphatic heterocycles. The summed E-state index contributed by atoms with van der Waals surface area (Å²) in [5.41, 5.74) is 0.0373. The highest BCUT2D eigenvalue weighted by Gasteiger charge is 2.36. The summed E-state index contributed by atoms with van der Waals surface area (Å²) in [6.07, 6.45) is 1.13. The average molecular weight is 290 g/mol. The third-order valence-electron chi connectivity index (χ3n) is 3.27. The molecule has 0 N–H and O–H groups in total. The summed E-state index contributed by atoms with van der Waals surface area (Å²) in [6, 6.07) is 1.01. The van der Waals surface area contributed by atoms with Gasteiger partial charge in [0.1, 0.15) is 0 Å². The summed E-state index contributed by atoms with van der Waals surface area (Å²) in [5, 5.41) is -0.236. The Kier molecular flexibility index (Phi) is 3.65. The van der Waals surface area contributed by atoms with Gasteiger partial charge in [0.25, 0.3) is 0 Å². The Morgan fingerprint density at radius 2 is 2.05 bits per heavy atom. The first-order chi connectivity index (χ1) is 8.69. The molecule has 1 aliphatic carbocycles. The molecule has 1 aliphatic rings. The van der Waals surface area contributed by atoms with Gasteiger partial charge in [-0.3, -0.25) is 4.98 Å². The van der Waals surface area contributed by atoms with E-state index in [9.17, 15) is 13.2 Å². The Balaban J connectivity index is 2.48. The van der Waals surface area contributed by atoms with Crippen LogP contribution in [0.25, 0.3) is 5.57 Å². The third kappa shape index (κ3) is 3.30. The quantitative estimate of drug-likeness (QED) is 0.669. The van der Waals surface area contributed by atoms with Gasteiger partial charge in [0.2, 0.25) is 0 Å². The molecule has 2 rings (SSSR count). The lowest BCUT2D eigenvalue weighted by atomic mass is 9.75. The number of alkyl halides is 4. The molecule has 1 heterocycles. The van der Waals surface area contributed by atoms with Crippen LogP contribution in [0.2, 0.25) is 0 Å². The van der Waals surface area contributed by atoms with Crippen molar-refractivity contribution in [2.24, 2.45) is 5.41 Å². The molecule has 19 heavy (non-hydrogen) atoms. The van der Waals surface area contributed by atoms with Crippen LogP contribution in [0.3, 0.4) is 0 Å². The maximum atomic E-state index is 13.0. The van der Waals surface area contributed by atoms with Crippen molar-refractivity contribution in [1.29, 1.82) is 0 Å². The van der Waals surface area contributed by atoms with E-state index in [4.69, 9.17) is 11.6 Å². The highest BCUT2D eigenvalue weighted by Crippen LogP contribution is 2.44. The van der Waals surface area contributed by atoms with Crippen molar-refractivity contribution in [3.05, 3.63) is 35.7 Å². The van der Waals surface area contributed by atoms with Gasteiger partial charge in [-0.15, -0.1) is 11.6 Å². The molecule has 0 spiro atoms. The van der Waals surface area contributed by atoms with Gasteiger partial charge in [-0.1, -0.05) is 19.9 Å². The zero-order valence-electron chi connectivity index (χ0n) is 10.8. The minimum absolute atomic E-state index is 0.102. The van der Waals surface area contributed by atoms with Gasteiger partial charge in [0, 0.05) is 18.0 Å². The second-order valence-corrected chi connectivity index (χ2v) is 6.23. The van der Waals surface area contributed by atoms with Crippen LogP contribution in [-0.4, -0.2) is 10.4 Å². The van der Waals surface area contributed by atoms with E-state index >= 15 is 0 Å². The predicted molar refractivity (Wildman–Crippen MR) is 69.9 cm³/mol. The molecule has 0 saturated heterocycles. The Bertz CT molecular complexity index is 506. The van der Waals surface area contributed by atoms with Crippen molar-refractivity contribution in [2.45, 2.75) is 38.2 Å². The lowest BCUT2D eigenvalue weighted by Crippen LogP contribution is -2.22. The number of halogens is 4. The van der Waals surface area contributed by atoms with Crippen molar-refractivity contribution in [3.8, 4) is 0 Å². The molecule has 0 bridgehead atoms. The Morgan fingerprint density at radius 3 is 2.63 bits per heavy atom. The molecule has 1 nitrogen and oxygen atoms in total. The highest BCUT2D eigenvalue weighted by molar-refractivity contribution is 6.22. The number of aromatic nitrogens is 1. The SMILES string of the molecule is CC1(C)CC(c2cnccc2C(F)(F)F)=CC(Cl)C1. The van der Waals surface area contributed by atoms with Gasteiger partial charge < -0.3 is 0 Å². The van der Waals surface area contributed by atoms with Crippen molar-refractivity contribution < 1.29 is 13.2 Å². The highest BCUT2D eigenvalue weighted by atomic mass is 35.5. The van der Waals surface area contributed by atoms with Gasteiger partial charge in [0.15, 0.2) is 0 Å². The van der Waals surface area contributed by atoms with Crippen LogP contribution in [0.4, 0.5) is 13.2 Å². The molecule has 1 aromatic heterocycles.